The Bertz CT molecular complexity index is 657. The molecule has 0 saturated carbocycles. The number of carbonyl (C=O) groups excluding carboxylic acids is 1. The monoisotopic (exact) mass is 317 g/mol. The highest BCUT2D eigenvalue weighted by molar-refractivity contribution is 7.89. The Balaban J connectivity index is 3.03. The summed E-state index contributed by atoms with van der Waals surface area (Å²) in [5, 5.41) is 2.47. The molecule has 8 heteroatoms. The lowest BCUT2D eigenvalue weighted by Crippen LogP contribution is -2.43. The fourth-order valence-electron chi connectivity index (χ4n) is 1.73. The van der Waals surface area contributed by atoms with E-state index in [-0.39, 0.29) is 28.6 Å². The number of hydrogen-bond acceptors (Lipinski definition) is 4. The van der Waals surface area contributed by atoms with Crippen molar-refractivity contribution in [2.24, 2.45) is 5.41 Å². The number of carbonyl (C=O) groups is 1. The maximum absolute atomic E-state index is 13.3. The van der Waals surface area contributed by atoms with E-state index in [9.17, 15) is 17.6 Å². The van der Waals surface area contributed by atoms with Gasteiger partial charge in [-0.3, -0.25) is 4.79 Å². The van der Waals surface area contributed by atoms with Gasteiger partial charge in [-0.05, 0) is 38.5 Å². The SMILES string of the molecule is CNC(=O)C(C)(C)CNS(=O)(=O)c1cc(N)c(F)cc1C. The minimum atomic E-state index is -3.88. The first-order valence-corrected chi connectivity index (χ1v) is 7.77. The topological polar surface area (TPSA) is 101 Å². The number of nitrogens with one attached hydrogen (secondary N) is 2. The smallest absolute Gasteiger partial charge is 0.240 e. The third-order valence-corrected chi connectivity index (χ3v) is 4.67. The fourth-order valence-corrected chi connectivity index (χ4v) is 3.20. The minimum Gasteiger partial charge on any atom is -0.396 e. The number of nitrogen functional groups attached to an aromatic ring is 1. The number of aryl methyl sites for hydroxylation is 1. The lowest BCUT2D eigenvalue weighted by atomic mass is 9.93. The highest BCUT2D eigenvalue weighted by Gasteiger charge is 2.29. The average Bonchev–Trinajstić information content (AvgIpc) is 2.39. The van der Waals surface area contributed by atoms with Gasteiger partial charge in [0.1, 0.15) is 5.82 Å². The van der Waals surface area contributed by atoms with Gasteiger partial charge in [0.15, 0.2) is 0 Å². The normalized spacial score (nSPS) is 12.2. The van der Waals surface area contributed by atoms with Crippen LogP contribution in [0.5, 0.6) is 0 Å². The van der Waals surface area contributed by atoms with Crippen LogP contribution in [0.25, 0.3) is 0 Å². The number of anilines is 1. The molecule has 0 aliphatic rings. The van der Waals surface area contributed by atoms with Crippen molar-refractivity contribution >= 4 is 21.6 Å². The van der Waals surface area contributed by atoms with Crippen LogP contribution in [0.2, 0.25) is 0 Å². The molecule has 0 aliphatic carbocycles. The third-order valence-electron chi connectivity index (χ3n) is 3.13. The zero-order valence-electron chi connectivity index (χ0n) is 12.5. The number of halogens is 1. The summed E-state index contributed by atoms with van der Waals surface area (Å²) in [4.78, 5) is 11.5. The predicted octanol–water partition coefficient (Wildman–Crippen LogP) is 0.767. The second kappa shape index (κ2) is 5.98. The summed E-state index contributed by atoms with van der Waals surface area (Å²) in [7, 11) is -2.41. The van der Waals surface area contributed by atoms with Crippen molar-refractivity contribution in [1.29, 1.82) is 0 Å². The lowest BCUT2D eigenvalue weighted by molar-refractivity contribution is -0.128. The molecule has 21 heavy (non-hydrogen) atoms. The maximum Gasteiger partial charge on any atom is 0.240 e. The molecule has 6 nitrogen and oxygen atoms in total. The van der Waals surface area contributed by atoms with E-state index in [1.54, 1.807) is 13.8 Å². The van der Waals surface area contributed by atoms with Crippen LogP contribution < -0.4 is 15.8 Å². The van der Waals surface area contributed by atoms with Crippen LogP contribution in [-0.4, -0.2) is 27.9 Å². The van der Waals surface area contributed by atoms with Gasteiger partial charge in [0.2, 0.25) is 15.9 Å². The fraction of sp³-hybridized carbons (Fsp3) is 0.462. The van der Waals surface area contributed by atoms with E-state index in [0.29, 0.717) is 0 Å². The minimum absolute atomic E-state index is 0.0915. The van der Waals surface area contributed by atoms with Crippen LogP contribution in [0.3, 0.4) is 0 Å². The van der Waals surface area contributed by atoms with Gasteiger partial charge in [0.05, 0.1) is 16.0 Å². The van der Waals surface area contributed by atoms with Crippen LogP contribution in [0.1, 0.15) is 19.4 Å². The molecule has 1 aromatic rings. The van der Waals surface area contributed by atoms with Crippen molar-refractivity contribution in [1.82, 2.24) is 10.0 Å². The van der Waals surface area contributed by atoms with Crippen LogP contribution >= 0.6 is 0 Å². The number of rotatable bonds is 5. The van der Waals surface area contributed by atoms with E-state index >= 15 is 0 Å². The summed E-state index contributed by atoms with van der Waals surface area (Å²) >= 11 is 0. The average molecular weight is 317 g/mol. The van der Waals surface area contributed by atoms with Gasteiger partial charge in [0, 0.05) is 13.6 Å². The second-order valence-corrected chi connectivity index (χ2v) is 7.16. The lowest BCUT2D eigenvalue weighted by Gasteiger charge is -2.23. The summed E-state index contributed by atoms with van der Waals surface area (Å²) in [6, 6.07) is 2.13. The Morgan fingerprint density at radius 2 is 1.95 bits per heavy atom. The van der Waals surface area contributed by atoms with Crippen LogP contribution in [0.4, 0.5) is 10.1 Å². The third kappa shape index (κ3) is 3.92. The van der Waals surface area contributed by atoms with E-state index in [1.807, 2.05) is 0 Å². The van der Waals surface area contributed by atoms with E-state index < -0.39 is 21.3 Å². The van der Waals surface area contributed by atoms with Gasteiger partial charge < -0.3 is 11.1 Å². The quantitative estimate of drug-likeness (QED) is 0.698. The Hall–Kier alpha value is -1.67. The van der Waals surface area contributed by atoms with Crippen molar-refractivity contribution in [3.8, 4) is 0 Å². The van der Waals surface area contributed by atoms with Crippen molar-refractivity contribution in [2.45, 2.75) is 25.7 Å². The van der Waals surface area contributed by atoms with Gasteiger partial charge in [-0.15, -0.1) is 0 Å². The molecule has 0 radical (unpaired) electrons. The molecule has 0 fully saturated rings. The van der Waals surface area contributed by atoms with Gasteiger partial charge in [-0.1, -0.05) is 0 Å². The molecule has 1 aromatic carbocycles. The van der Waals surface area contributed by atoms with Crippen molar-refractivity contribution in [3.05, 3.63) is 23.5 Å². The molecule has 0 atom stereocenters. The number of amides is 1. The zero-order chi connectivity index (χ0) is 16.4. The molecule has 0 heterocycles. The summed E-state index contributed by atoms with van der Waals surface area (Å²) in [5.41, 5.74) is 4.49. The second-order valence-electron chi connectivity index (χ2n) is 5.43. The standard InChI is InChI=1S/C13H20FN3O3S/c1-8-5-9(14)10(15)6-11(8)21(19,20)17-7-13(2,3)12(18)16-4/h5-6,17H,7,15H2,1-4H3,(H,16,18). The van der Waals surface area contributed by atoms with E-state index in [0.717, 1.165) is 12.1 Å². The highest BCUT2D eigenvalue weighted by Crippen LogP contribution is 2.22. The summed E-state index contributed by atoms with van der Waals surface area (Å²) in [5.74, 6) is -0.960. The van der Waals surface area contributed by atoms with Gasteiger partial charge in [-0.2, -0.15) is 0 Å². The van der Waals surface area contributed by atoms with Crippen LogP contribution in [-0.2, 0) is 14.8 Å². The van der Waals surface area contributed by atoms with Gasteiger partial charge >= 0.3 is 0 Å². The molecule has 1 rings (SSSR count). The summed E-state index contributed by atoms with van der Waals surface area (Å²) < 4.78 is 40.1. The molecular weight excluding hydrogens is 297 g/mol. The Labute approximate surface area is 124 Å². The Kier molecular flexibility index (Phi) is 4.95. The zero-order valence-corrected chi connectivity index (χ0v) is 13.3. The van der Waals surface area contributed by atoms with E-state index in [1.165, 1.54) is 14.0 Å². The molecule has 0 bridgehead atoms. The maximum atomic E-state index is 13.3. The Morgan fingerprint density at radius 3 is 2.48 bits per heavy atom. The first-order valence-electron chi connectivity index (χ1n) is 6.29. The molecule has 0 spiro atoms. The molecular formula is C13H20FN3O3S. The first kappa shape index (κ1) is 17.4. The summed E-state index contributed by atoms with van der Waals surface area (Å²) in [6.45, 7) is 4.60. The van der Waals surface area contributed by atoms with Crippen LogP contribution in [0, 0.1) is 18.2 Å². The number of hydrogen-bond donors (Lipinski definition) is 3. The first-order chi connectivity index (χ1) is 9.51. The van der Waals surface area contributed by atoms with Gasteiger partial charge in [-0.25, -0.2) is 17.5 Å². The molecule has 118 valence electrons. The molecule has 0 aliphatic heterocycles. The Morgan fingerprint density at radius 1 is 1.38 bits per heavy atom. The highest BCUT2D eigenvalue weighted by atomic mass is 32.2. The number of nitrogens with two attached hydrogens (primary N) is 1. The molecule has 0 unspecified atom stereocenters. The predicted molar refractivity (Wildman–Crippen MR) is 78.6 cm³/mol. The largest absolute Gasteiger partial charge is 0.396 e. The summed E-state index contributed by atoms with van der Waals surface area (Å²) in [6.07, 6.45) is 0. The van der Waals surface area contributed by atoms with E-state index in [4.69, 9.17) is 5.73 Å². The van der Waals surface area contributed by atoms with E-state index in [2.05, 4.69) is 10.0 Å². The number of sulfonamides is 1. The number of benzene rings is 1. The molecule has 0 saturated heterocycles. The molecule has 0 aromatic heterocycles. The molecule has 4 N–H and O–H groups in total. The van der Waals surface area contributed by atoms with Crippen LogP contribution in [0.15, 0.2) is 17.0 Å². The van der Waals surface area contributed by atoms with Gasteiger partial charge in [0.25, 0.3) is 0 Å². The van der Waals surface area contributed by atoms with Crippen molar-refractivity contribution in [3.63, 3.8) is 0 Å². The van der Waals surface area contributed by atoms with Crippen molar-refractivity contribution < 1.29 is 17.6 Å². The van der Waals surface area contributed by atoms with Crippen molar-refractivity contribution in [2.75, 3.05) is 19.3 Å². The molecule has 1 amide bonds.